The van der Waals surface area contributed by atoms with E-state index in [0.717, 1.165) is 6.42 Å². The molecule has 2 unspecified atom stereocenters. The van der Waals surface area contributed by atoms with Gasteiger partial charge in [0.15, 0.2) is 0 Å². The molecule has 0 radical (unpaired) electrons. The van der Waals surface area contributed by atoms with E-state index in [1.165, 1.54) is 38.5 Å². The van der Waals surface area contributed by atoms with Crippen molar-refractivity contribution in [1.82, 2.24) is 0 Å². The Morgan fingerprint density at radius 3 is 2.18 bits per heavy atom. The summed E-state index contributed by atoms with van der Waals surface area (Å²) in [5.41, 5.74) is 5.60. The Labute approximate surface area is 73.3 Å². The molecule has 0 rings (SSSR count). The first-order valence-corrected chi connectivity index (χ1v) is 5.45. The van der Waals surface area contributed by atoms with Crippen molar-refractivity contribution >= 4 is 9.24 Å². The second kappa shape index (κ2) is 8.49. The Kier molecular flexibility index (Phi) is 8.79. The smallest absolute Gasteiger partial charge is 0.0184 e. The van der Waals surface area contributed by atoms with Gasteiger partial charge in [0.1, 0.15) is 0 Å². The third kappa shape index (κ3) is 10.4. The fourth-order valence-electron chi connectivity index (χ4n) is 1.16. The van der Waals surface area contributed by atoms with Crippen molar-refractivity contribution in [3.63, 3.8) is 0 Å². The minimum Gasteiger partial charge on any atom is -0.324 e. The second-order valence-corrected chi connectivity index (χ2v) is 4.08. The number of rotatable bonds is 7. The summed E-state index contributed by atoms with van der Waals surface area (Å²) in [6.45, 7) is 2.25. The van der Waals surface area contributed by atoms with E-state index in [0.29, 0.717) is 5.78 Å². The van der Waals surface area contributed by atoms with Crippen LogP contribution in [-0.2, 0) is 0 Å². The van der Waals surface area contributed by atoms with E-state index in [1.807, 2.05) is 0 Å². The standard InChI is InChI=1S/C9H22NP/c1-2-3-4-5-6-7-8-9(10)11/h9H,2-8,10-11H2,1H3. The monoisotopic (exact) mass is 175 g/mol. The van der Waals surface area contributed by atoms with E-state index < -0.39 is 0 Å². The molecular weight excluding hydrogens is 153 g/mol. The molecule has 1 nitrogen and oxygen atoms in total. The van der Waals surface area contributed by atoms with Crippen LogP contribution in [0.1, 0.15) is 51.9 Å². The minimum atomic E-state index is 0.321. The Morgan fingerprint density at radius 1 is 1.09 bits per heavy atom. The van der Waals surface area contributed by atoms with Crippen LogP contribution in [0, 0.1) is 0 Å². The van der Waals surface area contributed by atoms with Crippen LogP contribution in [0.3, 0.4) is 0 Å². The summed E-state index contributed by atoms with van der Waals surface area (Å²) >= 11 is 0. The molecule has 0 aromatic heterocycles. The summed E-state index contributed by atoms with van der Waals surface area (Å²) in [4.78, 5) is 0. The molecule has 68 valence electrons. The zero-order valence-electron chi connectivity index (χ0n) is 7.68. The molecule has 0 aliphatic carbocycles. The Bertz CT molecular complexity index is 74.0. The summed E-state index contributed by atoms with van der Waals surface area (Å²) in [7, 11) is 2.64. The Morgan fingerprint density at radius 2 is 1.64 bits per heavy atom. The third-order valence-electron chi connectivity index (χ3n) is 1.89. The molecule has 0 bridgehead atoms. The molecule has 2 N–H and O–H groups in total. The molecule has 0 saturated carbocycles. The Hall–Kier alpha value is 0.390. The van der Waals surface area contributed by atoms with Crippen molar-refractivity contribution in [3.05, 3.63) is 0 Å². The van der Waals surface area contributed by atoms with Gasteiger partial charge in [-0.25, -0.2) is 0 Å². The van der Waals surface area contributed by atoms with Gasteiger partial charge in [0.2, 0.25) is 0 Å². The lowest BCUT2D eigenvalue weighted by atomic mass is 10.1. The van der Waals surface area contributed by atoms with Crippen LogP contribution in [-0.4, -0.2) is 5.78 Å². The predicted octanol–water partition coefficient (Wildman–Crippen LogP) is 2.90. The molecular formula is C9H22NP. The van der Waals surface area contributed by atoms with Crippen LogP contribution in [0.2, 0.25) is 0 Å². The first-order chi connectivity index (χ1) is 5.27. The summed E-state index contributed by atoms with van der Waals surface area (Å²) in [6, 6.07) is 0. The van der Waals surface area contributed by atoms with E-state index in [4.69, 9.17) is 5.73 Å². The van der Waals surface area contributed by atoms with Crippen LogP contribution in [0.4, 0.5) is 0 Å². The molecule has 0 fully saturated rings. The van der Waals surface area contributed by atoms with Crippen molar-refractivity contribution in [1.29, 1.82) is 0 Å². The fraction of sp³-hybridized carbons (Fsp3) is 1.00. The largest absolute Gasteiger partial charge is 0.324 e. The maximum atomic E-state index is 5.60. The maximum Gasteiger partial charge on any atom is 0.0184 e. The molecule has 0 aromatic carbocycles. The van der Waals surface area contributed by atoms with Crippen LogP contribution >= 0.6 is 9.24 Å². The number of unbranched alkanes of at least 4 members (excludes halogenated alkanes) is 5. The first kappa shape index (κ1) is 11.4. The quantitative estimate of drug-likeness (QED) is 0.467. The van der Waals surface area contributed by atoms with Gasteiger partial charge in [-0.2, -0.15) is 0 Å². The van der Waals surface area contributed by atoms with Gasteiger partial charge in [-0.3, -0.25) is 0 Å². The fourth-order valence-corrected chi connectivity index (χ4v) is 1.40. The molecule has 0 spiro atoms. The SMILES string of the molecule is CCCCCCCCC(N)P. The van der Waals surface area contributed by atoms with Crippen LogP contribution < -0.4 is 5.73 Å². The van der Waals surface area contributed by atoms with Gasteiger partial charge in [-0.1, -0.05) is 45.4 Å². The van der Waals surface area contributed by atoms with Crippen molar-refractivity contribution in [3.8, 4) is 0 Å². The molecule has 0 saturated heterocycles. The molecule has 0 aliphatic heterocycles. The van der Waals surface area contributed by atoms with Crippen molar-refractivity contribution < 1.29 is 0 Å². The molecule has 11 heavy (non-hydrogen) atoms. The lowest BCUT2D eigenvalue weighted by molar-refractivity contribution is 0.585. The van der Waals surface area contributed by atoms with Crippen LogP contribution in [0.25, 0.3) is 0 Å². The summed E-state index contributed by atoms with van der Waals surface area (Å²) < 4.78 is 0. The highest BCUT2D eigenvalue weighted by Crippen LogP contribution is 2.09. The highest BCUT2D eigenvalue weighted by atomic mass is 31.0. The zero-order chi connectivity index (χ0) is 8.53. The molecule has 0 heterocycles. The van der Waals surface area contributed by atoms with Crippen molar-refractivity contribution in [2.75, 3.05) is 0 Å². The minimum absolute atomic E-state index is 0.321. The Balaban J connectivity index is 2.80. The van der Waals surface area contributed by atoms with Gasteiger partial charge in [-0.05, 0) is 6.42 Å². The molecule has 0 aromatic rings. The topological polar surface area (TPSA) is 26.0 Å². The second-order valence-electron chi connectivity index (χ2n) is 3.22. The third-order valence-corrected chi connectivity index (χ3v) is 2.22. The summed E-state index contributed by atoms with van der Waals surface area (Å²) in [5.74, 6) is 0.321. The van der Waals surface area contributed by atoms with Gasteiger partial charge in [0.25, 0.3) is 0 Å². The van der Waals surface area contributed by atoms with Crippen molar-refractivity contribution in [2.24, 2.45) is 5.73 Å². The molecule has 0 aliphatic rings. The molecule has 0 amide bonds. The average molecular weight is 175 g/mol. The van der Waals surface area contributed by atoms with E-state index in [1.54, 1.807) is 0 Å². The van der Waals surface area contributed by atoms with Gasteiger partial charge >= 0.3 is 0 Å². The van der Waals surface area contributed by atoms with Crippen molar-refractivity contribution in [2.45, 2.75) is 57.7 Å². The van der Waals surface area contributed by atoms with E-state index in [9.17, 15) is 0 Å². The van der Waals surface area contributed by atoms with E-state index in [2.05, 4.69) is 16.2 Å². The van der Waals surface area contributed by atoms with Gasteiger partial charge < -0.3 is 5.73 Å². The highest BCUT2D eigenvalue weighted by molar-refractivity contribution is 7.17. The van der Waals surface area contributed by atoms with Gasteiger partial charge in [-0.15, -0.1) is 9.24 Å². The summed E-state index contributed by atoms with van der Waals surface area (Å²) in [5, 5.41) is 0. The number of hydrogen-bond acceptors (Lipinski definition) is 1. The van der Waals surface area contributed by atoms with Gasteiger partial charge in [0, 0.05) is 5.78 Å². The molecule has 2 heteroatoms. The zero-order valence-corrected chi connectivity index (χ0v) is 8.84. The lowest BCUT2D eigenvalue weighted by Gasteiger charge is -2.03. The van der Waals surface area contributed by atoms with Gasteiger partial charge in [0.05, 0.1) is 0 Å². The summed E-state index contributed by atoms with van der Waals surface area (Å²) in [6.07, 6.45) is 9.36. The predicted molar refractivity (Wildman–Crippen MR) is 55.7 cm³/mol. The van der Waals surface area contributed by atoms with E-state index in [-0.39, 0.29) is 0 Å². The number of hydrogen-bond donors (Lipinski definition) is 1. The normalized spacial score (nSPS) is 13.4. The maximum absolute atomic E-state index is 5.60. The average Bonchev–Trinajstić information content (AvgIpc) is 1.96. The number of nitrogens with two attached hydrogens (primary N) is 1. The lowest BCUT2D eigenvalue weighted by Crippen LogP contribution is -2.09. The first-order valence-electron chi connectivity index (χ1n) is 4.78. The van der Waals surface area contributed by atoms with Crippen LogP contribution in [0.15, 0.2) is 0 Å². The van der Waals surface area contributed by atoms with Crippen LogP contribution in [0.5, 0.6) is 0 Å². The molecule has 2 atom stereocenters. The van der Waals surface area contributed by atoms with E-state index >= 15 is 0 Å². The highest BCUT2D eigenvalue weighted by Gasteiger charge is 1.93.